The lowest BCUT2D eigenvalue weighted by molar-refractivity contribution is -0.385. The first-order chi connectivity index (χ1) is 8.97. The molecule has 0 radical (unpaired) electrons. The number of benzene rings is 1. The second-order valence-corrected chi connectivity index (χ2v) is 3.86. The van der Waals surface area contributed by atoms with Crippen molar-refractivity contribution in [3.63, 3.8) is 0 Å². The summed E-state index contributed by atoms with van der Waals surface area (Å²) in [6.07, 6.45) is 1.85. The SMILES string of the molecule is CCC(=CCOc1cccc([N+](=O)[O-])c1C)C(=O)O. The lowest BCUT2D eigenvalue weighted by Crippen LogP contribution is -2.04. The van der Waals surface area contributed by atoms with Gasteiger partial charge in [-0.15, -0.1) is 0 Å². The van der Waals surface area contributed by atoms with Crippen LogP contribution in [-0.4, -0.2) is 22.6 Å². The summed E-state index contributed by atoms with van der Waals surface area (Å²) in [5.74, 6) is -0.604. The number of hydrogen-bond donors (Lipinski definition) is 1. The van der Waals surface area contributed by atoms with Crippen molar-refractivity contribution in [3.05, 3.63) is 45.5 Å². The molecule has 1 aromatic rings. The van der Waals surface area contributed by atoms with Gasteiger partial charge < -0.3 is 9.84 Å². The lowest BCUT2D eigenvalue weighted by Gasteiger charge is -2.07. The topological polar surface area (TPSA) is 89.7 Å². The van der Waals surface area contributed by atoms with Gasteiger partial charge in [-0.1, -0.05) is 13.0 Å². The Kier molecular flexibility index (Phi) is 5.05. The van der Waals surface area contributed by atoms with Crippen LogP contribution in [0.25, 0.3) is 0 Å². The van der Waals surface area contributed by atoms with Gasteiger partial charge in [0.15, 0.2) is 0 Å². The molecule has 6 heteroatoms. The number of nitrogens with zero attached hydrogens (tertiary/aromatic N) is 1. The van der Waals surface area contributed by atoms with E-state index in [1.807, 2.05) is 0 Å². The van der Waals surface area contributed by atoms with Crippen LogP contribution < -0.4 is 4.74 Å². The van der Waals surface area contributed by atoms with Crippen LogP contribution in [0, 0.1) is 17.0 Å². The number of ether oxygens (including phenoxy) is 1. The molecule has 0 spiro atoms. The molecule has 1 N–H and O–H groups in total. The highest BCUT2D eigenvalue weighted by Gasteiger charge is 2.13. The minimum Gasteiger partial charge on any atom is -0.489 e. The Morgan fingerprint density at radius 1 is 1.53 bits per heavy atom. The van der Waals surface area contributed by atoms with E-state index in [0.717, 1.165) is 0 Å². The Hall–Kier alpha value is -2.37. The van der Waals surface area contributed by atoms with E-state index in [4.69, 9.17) is 9.84 Å². The molecular weight excluding hydrogens is 250 g/mol. The normalized spacial score (nSPS) is 11.2. The summed E-state index contributed by atoms with van der Waals surface area (Å²) in [7, 11) is 0. The van der Waals surface area contributed by atoms with Crippen LogP contribution >= 0.6 is 0 Å². The number of carboxylic acids is 1. The second-order valence-electron chi connectivity index (χ2n) is 3.86. The summed E-state index contributed by atoms with van der Waals surface area (Å²) in [6.45, 7) is 3.39. The first-order valence-corrected chi connectivity index (χ1v) is 5.76. The molecule has 0 aliphatic heterocycles. The molecule has 0 atom stereocenters. The molecular formula is C13H15NO5. The number of nitro groups is 1. The van der Waals surface area contributed by atoms with E-state index in [0.29, 0.717) is 17.7 Å². The Bertz CT molecular complexity index is 522. The number of rotatable bonds is 6. The van der Waals surface area contributed by atoms with Crippen molar-refractivity contribution < 1.29 is 19.6 Å². The highest BCUT2D eigenvalue weighted by molar-refractivity contribution is 5.86. The average molecular weight is 265 g/mol. The number of carbonyl (C=O) groups is 1. The molecule has 0 aliphatic rings. The van der Waals surface area contributed by atoms with E-state index in [9.17, 15) is 14.9 Å². The number of nitro benzene ring substituents is 1. The van der Waals surface area contributed by atoms with Crippen molar-refractivity contribution in [3.8, 4) is 5.75 Å². The maximum atomic E-state index is 10.8. The Labute approximate surface area is 110 Å². The molecule has 0 saturated carbocycles. The van der Waals surface area contributed by atoms with Crippen LogP contribution in [0.15, 0.2) is 29.8 Å². The van der Waals surface area contributed by atoms with E-state index in [1.165, 1.54) is 18.2 Å². The summed E-state index contributed by atoms with van der Waals surface area (Å²) in [6, 6.07) is 4.54. The number of aliphatic carboxylic acids is 1. The van der Waals surface area contributed by atoms with Gasteiger partial charge >= 0.3 is 5.97 Å². The molecule has 19 heavy (non-hydrogen) atoms. The van der Waals surface area contributed by atoms with Crippen molar-refractivity contribution in [2.75, 3.05) is 6.61 Å². The van der Waals surface area contributed by atoms with Gasteiger partial charge in [-0.05, 0) is 25.5 Å². The highest BCUT2D eigenvalue weighted by atomic mass is 16.6. The monoisotopic (exact) mass is 265 g/mol. The maximum absolute atomic E-state index is 10.8. The summed E-state index contributed by atoms with van der Waals surface area (Å²) in [5, 5.41) is 19.6. The predicted molar refractivity (Wildman–Crippen MR) is 69.3 cm³/mol. The Balaban J connectivity index is 2.82. The van der Waals surface area contributed by atoms with E-state index >= 15 is 0 Å². The summed E-state index contributed by atoms with van der Waals surface area (Å²) in [4.78, 5) is 21.0. The third-order valence-electron chi connectivity index (χ3n) is 2.68. The molecule has 0 unspecified atom stereocenters. The van der Waals surface area contributed by atoms with Gasteiger partial charge in [0.25, 0.3) is 5.69 Å². The molecule has 1 rings (SSSR count). The lowest BCUT2D eigenvalue weighted by atomic mass is 10.2. The highest BCUT2D eigenvalue weighted by Crippen LogP contribution is 2.26. The third kappa shape index (κ3) is 3.80. The predicted octanol–water partition coefficient (Wildman–Crippen LogP) is 2.70. The van der Waals surface area contributed by atoms with E-state index in [1.54, 1.807) is 19.9 Å². The average Bonchev–Trinajstić information content (AvgIpc) is 2.35. The van der Waals surface area contributed by atoms with Gasteiger partial charge in [0.2, 0.25) is 0 Å². The molecule has 0 bridgehead atoms. The van der Waals surface area contributed by atoms with Crippen molar-refractivity contribution in [1.82, 2.24) is 0 Å². The first kappa shape index (κ1) is 14.7. The molecule has 6 nitrogen and oxygen atoms in total. The van der Waals surface area contributed by atoms with Crippen molar-refractivity contribution in [2.45, 2.75) is 20.3 Å². The number of hydrogen-bond acceptors (Lipinski definition) is 4. The van der Waals surface area contributed by atoms with Crippen LogP contribution in [-0.2, 0) is 4.79 Å². The fraction of sp³-hybridized carbons (Fsp3) is 0.308. The maximum Gasteiger partial charge on any atom is 0.331 e. The van der Waals surface area contributed by atoms with Crippen LogP contribution in [0.5, 0.6) is 5.75 Å². The molecule has 0 aliphatic carbocycles. The molecule has 0 saturated heterocycles. The Morgan fingerprint density at radius 2 is 2.21 bits per heavy atom. The molecule has 1 aromatic carbocycles. The summed E-state index contributed by atoms with van der Waals surface area (Å²) >= 11 is 0. The molecule has 0 amide bonds. The molecule has 0 fully saturated rings. The van der Waals surface area contributed by atoms with Gasteiger partial charge in [-0.25, -0.2) is 4.79 Å². The Morgan fingerprint density at radius 3 is 2.74 bits per heavy atom. The minimum absolute atomic E-state index is 0.0181. The van der Waals surface area contributed by atoms with Gasteiger partial charge in [-0.2, -0.15) is 0 Å². The fourth-order valence-corrected chi connectivity index (χ4v) is 1.57. The number of carboxylic acid groups (broad SMARTS) is 1. The van der Waals surface area contributed by atoms with Crippen LogP contribution in [0.3, 0.4) is 0 Å². The minimum atomic E-state index is -0.984. The molecule has 0 aromatic heterocycles. The zero-order valence-corrected chi connectivity index (χ0v) is 10.8. The molecule has 0 heterocycles. The summed E-state index contributed by atoms with van der Waals surface area (Å²) in [5.41, 5.74) is 0.660. The van der Waals surface area contributed by atoms with Gasteiger partial charge in [-0.3, -0.25) is 10.1 Å². The van der Waals surface area contributed by atoms with Crippen molar-refractivity contribution in [1.29, 1.82) is 0 Å². The van der Waals surface area contributed by atoms with Crippen LogP contribution in [0.1, 0.15) is 18.9 Å². The van der Waals surface area contributed by atoms with E-state index < -0.39 is 10.9 Å². The van der Waals surface area contributed by atoms with Crippen LogP contribution in [0.4, 0.5) is 5.69 Å². The second kappa shape index (κ2) is 6.53. The summed E-state index contributed by atoms with van der Waals surface area (Å²) < 4.78 is 5.37. The standard InChI is InChI=1S/C13H15NO5/c1-3-10(13(15)16)7-8-19-12-6-4-5-11(9(12)2)14(17)18/h4-7H,3,8H2,1-2H3,(H,15,16). The van der Waals surface area contributed by atoms with Crippen molar-refractivity contribution >= 4 is 11.7 Å². The van der Waals surface area contributed by atoms with Gasteiger partial charge in [0.1, 0.15) is 12.4 Å². The third-order valence-corrected chi connectivity index (χ3v) is 2.68. The van der Waals surface area contributed by atoms with Gasteiger partial charge in [0.05, 0.1) is 10.5 Å². The van der Waals surface area contributed by atoms with E-state index in [2.05, 4.69) is 0 Å². The molecule has 102 valence electrons. The quantitative estimate of drug-likeness (QED) is 0.485. The van der Waals surface area contributed by atoms with Crippen molar-refractivity contribution in [2.24, 2.45) is 0 Å². The first-order valence-electron chi connectivity index (χ1n) is 5.76. The van der Waals surface area contributed by atoms with E-state index in [-0.39, 0.29) is 17.9 Å². The smallest absolute Gasteiger partial charge is 0.331 e. The fourth-order valence-electron chi connectivity index (χ4n) is 1.57. The van der Waals surface area contributed by atoms with Gasteiger partial charge in [0, 0.05) is 11.6 Å². The zero-order valence-electron chi connectivity index (χ0n) is 10.8. The van der Waals surface area contributed by atoms with Crippen LogP contribution in [0.2, 0.25) is 0 Å². The zero-order chi connectivity index (χ0) is 14.4. The largest absolute Gasteiger partial charge is 0.489 e.